The predicted octanol–water partition coefficient (Wildman–Crippen LogP) is 0.987. The van der Waals surface area contributed by atoms with Crippen LogP contribution in [0.15, 0.2) is 0 Å². The van der Waals surface area contributed by atoms with Gasteiger partial charge in [0.1, 0.15) is 0 Å². The van der Waals surface area contributed by atoms with Crippen molar-refractivity contribution < 1.29 is 4.79 Å². The summed E-state index contributed by atoms with van der Waals surface area (Å²) in [6, 6.07) is 1.10. The molecule has 0 aliphatic carbocycles. The second-order valence-corrected chi connectivity index (χ2v) is 7.45. The number of carbonyl (C=O) groups is 1. The summed E-state index contributed by atoms with van der Waals surface area (Å²) in [5.74, 6) is 0.333. The highest BCUT2D eigenvalue weighted by Crippen LogP contribution is 2.22. The zero-order chi connectivity index (χ0) is 16.3. The standard InChI is InChI=1S/C17H34N4O/c1-13(2)16(18)17(22)20-10-7-19(8-11-20)9-12-21-14(3)5-6-15(21)4/h13-16H,5-12,18H2,1-4H3/t14-,15-,16+/m1/s1. The molecule has 0 spiro atoms. The van der Waals surface area contributed by atoms with Crippen molar-refractivity contribution in [1.29, 1.82) is 0 Å². The molecule has 2 N–H and O–H groups in total. The summed E-state index contributed by atoms with van der Waals surface area (Å²) in [6.45, 7) is 14.6. The van der Waals surface area contributed by atoms with E-state index in [0.29, 0.717) is 0 Å². The molecule has 0 unspecified atom stereocenters. The van der Waals surface area contributed by atoms with Crippen LogP contribution in [-0.4, -0.2) is 78.0 Å². The van der Waals surface area contributed by atoms with E-state index in [1.54, 1.807) is 0 Å². The minimum absolute atomic E-state index is 0.122. The number of hydrogen-bond donors (Lipinski definition) is 1. The number of amides is 1. The van der Waals surface area contributed by atoms with Crippen LogP contribution in [0.1, 0.15) is 40.5 Å². The van der Waals surface area contributed by atoms with E-state index in [1.165, 1.54) is 12.8 Å². The van der Waals surface area contributed by atoms with E-state index < -0.39 is 0 Å². The van der Waals surface area contributed by atoms with E-state index in [2.05, 4.69) is 23.6 Å². The number of rotatable bonds is 5. The lowest BCUT2D eigenvalue weighted by Crippen LogP contribution is -2.55. The molecule has 128 valence electrons. The fourth-order valence-corrected chi connectivity index (χ4v) is 3.63. The molecule has 1 amide bonds. The van der Waals surface area contributed by atoms with Gasteiger partial charge in [-0.2, -0.15) is 0 Å². The second-order valence-electron chi connectivity index (χ2n) is 7.45. The summed E-state index contributed by atoms with van der Waals surface area (Å²) in [6.07, 6.45) is 2.66. The molecule has 0 bridgehead atoms. The van der Waals surface area contributed by atoms with Gasteiger partial charge in [0.05, 0.1) is 6.04 Å². The van der Waals surface area contributed by atoms with Gasteiger partial charge < -0.3 is 10.6 Å². The Morgan fingerprint density at radius 2 is 1.59 bits per heavy atom. The van der Waals surface area contributed by atoms with Crippen molar-refractivity contribution in [3.63, 3.8) is 0 Å². The smallest absolute Gasteiger partial charge is 0.239 e. The highest BCUT2D eigenvalue weighted by Gasteiger charge is 2.29. The Morgan fingerprint density at radius 3 is 2.09 bits per heavy atom. The maximum Gasteiger partial charge on any atom is 0.239 e. The molecular weight excluding hydrogens is 276 g/mol. The van der Waals surface area contributed by atoms with Crippen LogP contribution >= 0.6 is 0 Å². The molecule has 0 aromatic heterocycles. The molecule has 0 aromatic carbocycles. The average molecular weight is 310 g/mol. The summed E-state index contributed by atoms with van der Waals surface area (Å²) in [7, 11) is 0. The van der Waals surface area contributed by atoms with Crippen molar-refractivity contribution in [3.8, 4) is 0 Å². The molecule has 2 heterocycles. The molecule has 5 nitrogen and oxygen atoms in total. The van der Waals surface area contributed by atoms with Crippen molar-refractivity contribution >= 4 is 5.91 Å². The molecule has 0 radical (unpaired) electrons. The van der Waals surface area contributed by atoms with E-state index in [-0.39, 0.29) is 17.9 Å². The number of carbonyl (C=O) groups excluding carboxylic acids is 1. The third-order valence-electron chi connectivity index (χ3n) is 5.50. The third-order valence-corrected chi connectivity index (χ3v) is 5.50. The number of hydrogen-bond acceptors (Lipinski definition) is 4. The molecule has 3 atom stereocenters. The molecule has 0 saturated carbocycles. The quantitative estimate of drug-likeness (QED) is 0.823. The van der Waals surface area contributed by atoms with Gasteiger partial charge in [0.2, 0.25) is 5.91 Å². The number of nitrogens with two attached hydrogens (primary N) is 1. The van der Waals surface area contributed by atoms with Gasteiger partial charge in [-0.15, -0.1) is 0 Å². The summed E-state index contributed by atoms with van der Waals surface area (Å²) >= 11 is 0. The van der Waals surface area contributed by atoms with Crippen LogP contribution in [0, 0.1) is 5.92 Å². The topological polar surface area (TPSA) is 52.8 Å². The first-order chi connectivity index (χ1) is 10.4. The van der Waals surface area contributed by atoms with Crippen LogP contribution in [0.5, 0.6) is 0 Å². The largest absolute Gasteiger partial charge is 0.339 e. The zero-order valence-electron chi connectivity index (χ0n) is 14.8. The Morgan fingerprint density at radius 1 is 1.05 bits per heavy atom. The van der Waals surface area contributed by atoms with Crippen molar-refractivity contribution in [1.82, 2.24) is 14.7 Å². The first-order valence-electron chi connectivity index (χ1n) is 8.92. The molecule has 2 aliphatic heterocycles. The van der Waals surface area contributed by atoms with Gasteiger partial charge >= 0.3 is 0 Å². The van der Waals surface area contributed by atoms with E-state index in [4.69, 9.17) is 5.73 Å². The lowest BCUT2D eigenvalue weighted by molar-refractivity contribution is -0.135. The molecule has 2 fully saturated rings. The normalized spacial score (nSPS) is 29.3. The lowest BCUT2D eigenvalue weighted by atomic mass is 10.0. The van der Waals surface area contributed by atoms with Crippen LogP contribution in [0.25, 0.3) is 0 Å². The Labute approximate surface area is 135 Å². The Bertz CT molecular complexity index is 356. The Kier molecular flexibility index (Phi) is 6.24. The second kappa shape index (κ2) is 7.75. The maximum atomic E-state index is 12.3. The van der Waals surface area contributed by atoms with Crippen molar-refractivity contribution in [2.24, 2.45) is 11.7 Å². The first kappa shape index (κ1) is 17.7. The van der Waals surface area contributed by atoms with E-state index in [9.17, 15) is 4.79 Å². The number of nitrogens with zero attached hydrogens (tertiary/aromatic N) is 3. The van der Waals surface area contributed by atoms with Crippen LogP contribution in [0.3, 0.4) is 0 Å². The highest BCUT2D eigenvalue weighted by atomic mass is 16.2. The SMILES string of the molecule is CC(C)[C@H](N)C(=O)N1CCN(CCN2[C@H](C)CC[C@H]2C)CC1. The molecular formula is C17H34N4O. The van der Waals surface area contributed by atoms with Gasteiger partial charge in [-0.1, -0.05) is 13.8 Å². The van der Waals surface area contributed by atoms with Crippen LogP contribution in [-0.2, 0) is 4.79 Å². The summed E-state index contributed by atoms with van der Waals surface area (Å²) in [5, 5.41) is 0. The van der Waals surface area contributed by atoms with E-state index >= 15 is 0 Å². The van der Waals surface area contributed by atoms with Crippen LogP contribution in [0.4, 0.5) is 0 Å². The summed E-state index contributed by atoms with van der Waals surface area (Å²) < 4.78 is 0. The average Bonchev–Trinajstić information content (AvgIpc) is 2.83. The third kappa shape index (κ3) is 4.21. The van der Waals surface area contributed by atoms with Crippen molar-refractivity contribution in [2.75, 3.05) is 39.3 Å². The zero-order valence-corrected chi connectivity index (χ0v) is 14.8. The van der Waals surface area contributed by atoms with Gasteiger partial charge in [-0.3, -0.25) is 14.6 Å². The number of likely N-dealkylation sites (tertiary alicyclic amines) is 1. The molecule has 0 aromatic rings. The van der Waals surface area contributed by atoms with Crippen LogP contribution < -0.4 is 5.73 Å². The molecule has 2 aliphatic rings. The minimum Gasteiger partial charge on any atom is -0.339 e. The van der Waals surface area contributed by atoms with Gasteiger partial charge in [0.15, 0.2) is 0 Å². The van der Waals surface area contributed by atoms with E-state index in [1.807, 2.05) is 18.7 Å². The van der Waals surface area contributed by atoms with Gasteiger partial charge in [0.25, 0.3) is 0 Å². The van der Waals surface area contributed by atoms with Crippen molar-refractivity contribution in [3.05, 3.63) is 0 Å². The minimum atomic E-state index is -0.349. The Hall–Kier alpha value is -0.650. The number of piperazine rings is 1. The van der Waals surface area contributed by atoms with Crippen LogP contribution in [0.2, 0.25) is 0 Å². The maximum absolute atomic E-state index is 12.3. The predicted molar refractivity (Wildman–Crippen MR) is 90.7 cm³/mol. The molecule has 2 rings (SSSR count). The van der Waals surface area contributed by atoms with E-state index in [0.717, 1.165) is 51.4 Å². The van der Waals surface area contributed by atoms with Crippen molar-refractivity contribution in [2.45, 2.75) is 58.7 Å². The fourth-order valence-electron chi connectivity index (χ4n) is 3.63. The summed E-state index contributed by atoms with van der Waals surface area (Å²) in [4.78, 5) is 19.3. The fraction of sp³-hybridized carbons (Fsp3) is 0.941. The Balaban J connectivity index is 1.72. The lowest BCUT2D eigenvalue weighted by Gasteiger charge is -2.37. The molecule has 5 heteroatoms. The molecule has 2 saturated heterocycles. The monoisotopic (exact) mass is 310 g/mol. The highest BCUT2D eigenvalue weighted by molar-refractivity contribution is 5.82. The van der Waals surface area contributed by atoms with Gasteiger partial charge in [-0.05, 0) is 32.6 Å². The summed E-state index contributed by atoms with van der Waals surface area (Å²) in [5.41, 5.74) is 5.99. The molecule has 22 heavy (non-hydrogen) atoms. The first-order valence-corrected chi connectivity index (χ1v) is 8.92. The van der Waals surface area contributed by atoms with Gasteiger partial charge in [0, 0.05) is 51.4 Å². The van der Waals surface area contributed by atoms with Gasteiger partial charge in [-0.25, -0.2) is 0 Å².